The number of benzene rings is 1. The summed E-state index contributed by atoms with van der Waals surface area (Å²) in [5, 5.41) is 9.12. The molecule has 0 atom stereocenters. The molecule has 1 aromatic rings. The molecule has 0 aliphatic carbocycles. The van der Waals surface area contributed by atoms with Gasteiger partial charge in [0, 0.05) is 11.4 Å². The SMILES string of the molecule is CSc1cccc(OCCCN(C)C)c1C#N. The van der Waals surface area contributed by atoms with Gasteiger partial charge in [-0.2, -0.15) is 5.26 Å². The first-order chi connectivity index (χ1) is 8.19. The molecule has 0 heterocycles. The minimum atomic E-state index is 0.643. The maximum absolute atomic E-state index is 9.12. The first kappa shape index (κ1) is 13.9. The zero-order valence-corrected chi connectivity index (χ0v) is 11.4. The molecule has 17 heavy (non-hydrogen) atoms. The Bertz CT molecular complexity index is 399. The van der Waals surface area contributed by atoms with Gasteiger partial charge in [-0.3, -0.25) is 0 Å². The van der Waals surface area contributed by atoms with Gasteiger partial charge in [0.15, 0.2) is 0 Å². The minimum absolute atomic E-state index is 0.643. The van der Waals surface area contributed by atoms with Crippen LogP contribution in [0, 0.1) is 11.3 Å². The first-order valence-electron chi connectivity index (χ1n) is 5.53. The fraction of sp³-hybridized carbons (Fsp3) is 0.462. The Kier molecular flexibility index (Phi) is 5.88. The number of hydrogen-bond acceptors (Lipinski definition) is 4. The van der Waals surface area contributed by atoms with Gasteiger partial charge in [0.25, 0.3) is 0 Å². The van der Waals surface area contributed by atoms with E-state index < -0.39 is 0 Å². The number of rotatable bonds is 6. The molecule has 0 radical (unpaired) electrons. The van der Waals surface area contributed by atoms with E-state index in [-0.39, 0.29) is 0 Å². The molecule has 0 unspecified atom stereocenters. The third kappa shape index (κ3) is 4.29. The molecule has 4 heteroatoms. The monoisotopic (exact) mass is 250 g/mol. The molecule has 3 nitrogen and oxygen atoms in total. The van der Waals surface area contributed by atoms with E-state index in [9.17, 15) is 0 Å². The summed E-state index contributed by atoms with van der Waals surface area (Å²) < 4.78 is 5.66. The van der Waals surface area contributed by atoms with Crippen LogP contribution >= 0.6 is 11.8 Å². The Balaban J connectivity index is 2.62. The molecule has 0 spiro atoms. The van der Waals surface area contributed by atoms with Crippen molar-refractivity contribution >= 4 is 11.8 Å². The molecular weight excluding hydrogens is 232 g/mol. The van der Waals surface area contributed by atoms with Crippen molar-refractivity contribution in [2.24, 2.45) is 0 Å². The average molecular weight is 250 g/mol. The predicted octanol–water partition coefficient (Wildman–Crippen LogP) is 2.61. The van der Waals surface area contributed by atoms with Crippen molar-refractivity contribution in [1.82, 2.24) is 4.90 Å². The summed E-state index contributed by atoms with van der Waals surface area (Å²) in [5.41, 5.74) is 0.643. The topological polar surface area (TPSA) is 36.3 Å². The van der Waals surface area contributed by atoms with Gasteiger partial charge in [-0.1, -0.05) is 6.07 Å². The highest BCUT2D eigenvalue weighted by molar-refractivity contribution is 7.98. The Morgan fingerprint density at radius 2 is 2.18 bits per heavy atom. The van der Waals surface area contributed by atoms with Crippen LogP contribution in [0.3, 0.4) is 0 Å². The lowest BCUT2D eigenvalue weighted by Gasteiger charge is -2.12. The number of hydrogen-bond donors (Lipinski definition) is 0. The molecule has 0 aliphatic rings. The Hall–Kier alpha value is -1.18. The van der Waals surface area contributed by atoms with E-state index in [1.54, 1.807) is 11.8 Å². The van der Waals surface area contributed by atoms with Gasteiger partial charge in [0.2, 0.25) is 0 Å². The van der Waals surface area contributed by atoms with Crippen molar-refractivity contribution in [1.29, 1.82) is 5.26 Å². The smallest absolute Gasteiger partial charge is 0.138 e. The van der Waals surface area contributed by atoms with E-state index >= 15 is 0 Å². The molecule has 0 aliphatic heterocycles. The highest BCUT2D eigenvalue weighted by Gasteiger charge is 2.07. The summed E-state index contributed by atoms with van der Waals surface area (Å²) in [6.45, 7) is 1.63. The summed E-state index contributed by atoms with van der Waals surface area (Å²) in [4.78, 5) is 3.09. The molecule has 0 amide bonds. The van der Waals surface area contributed by atoms with Crippen LogP contribution in [0.5, 0.6) is 5.75 Å². The standard InChI is InChI=1S/C13H18N2OS/c1-15(2)8-5-9-16-12-6-4-7-13(17-3)11(12)10-14/h4,6-7H,5,8-9H2,1-3H3. The highest BCUT2D eigenvalue weighted by Crippen LogP contribution is 2.27. The largest absolute Gasteiger partial charge is 0.492 e. The maximum Gasteiger partial charge on any atom is 0.138 e. The van der Waals surface area contributed by atoms with E-state index in [0.717, 1.165) is 17.9 Å². The lowest BCUT2D eigenvalue weighted by atomic mass is 10.2. The Morgan fingerprint density at radius 3 is 2.76 bits per heavy atom. The summed E-state index contributed by atoms with van der Waals surface area (Å²) in [6.07, 6.45) is 2.92. The molecule has 0 fully saturated rings. The molecule has 0 saturated carbocycles. The second-order valence-corrected chi connectivity index (χ2v) is 4.80. The predicted molar refractivity (Wildman–Crippen MR) is 71.6 cm³/mol. The zero-order chi connectivity index (χ0) is 12.7. The summed E-state index contributed by atoms with van der Waals surface area (Å²) in [7, 11) is 4.07. The van der Waals surface area contributed by atoms with E-state index in [1.165, 1.54) is 0 Å². The highest BCUT2D eigenvalue weighted by atomic mass is 32.2. The fourth-order valence-corrected chi connectivity index (χ4v) is 2.04. The summed E-state index contributed by atoms with van der Waals surface area (Å²) in [6, 6.07) is 7.93. The number of nitrogens with zero attached hydrogens (tertiary/aromatic N) is 2. The van der Waals surface area contributed by atoms with Crippen molar-refractivity contribution in [2.45, 2.75) is 11.3 Å². The van der Waals surface area contributed by atoms with E-state index in [1.807, 2.05) is 38.6 Å². The Morgan fingerprint density at radius 1 is 1.41 bits per heavy atom. The molecule has 1 aromatic carbocycles. The van der Waals surface area contributed by atoms with Crippen LogP contribution < -0.4 is 4.74 Å². The van der Waals surface area contributed by atoms with Gasteiger partial charge in [0.05, 0.1) is 6.61 Å². The zero-order valence-electron chi connectivity index (χ0n) is 10.6. The molecule has 0 bridgehead atoms. The molecule has 92 valence electrons. The van der Waals surface area contributed by atoms with Gasteiger partial charge in [0.1, 0.15) is 17.4 Å². The van der Waals surface area contributed by atoms with Gasteiger partial charge < -0.3 is 9.64 Å². The minimum Gasteiger partial charge on any atom is -0.492 e. The van der Waals surface area contributed by atoms with Gasteiger partial charge >= 0.3 is 0 Å². The van der Waals surface area contributed by atoms with Crippen LogP contribution in [0.2, 0.25) is 0 Å². The number of thioether (sulfide) groups is 1. The van der Waals surface area contributed by atoms with Crippen LogP contribution in [0.25, 0.3) is 0 Å². The maximum atomic E-state index is 9.12. The second-order valence-electron chi connectivity index (χ2n) is 3.95. The van der Waals surface area contributed by atoms with Gasteiger partial charge in [-0.05, 0) is 38.9 Å². The van der Waals surface area contributed by atoms with Crippen LogP contribution in [-0.4, -0.2) is 38.4 Å². The van der Waals surface area contributed by atoms with E-state index in [0.29, 0.717) is 17.9 Å². The van der Waals surface area contributed by atoms with Crippen LogP contribution in [0.4, 0.5) is 0 Å². The van der Waals surface area contributed by atoms with Crippen LogP contribution in [0.1, 0.15) is 12.0 Å². The molecular formula is C13H18N2OS. The van der Waals surface area contributed by atoms with Gasteiger partial charge in [-0.15, -0.1) is 11.8 Å². The summed E-state index contributed by atoms with van der Waals surface area (Å²) >= 11 is 1.57. The van der Waals surface area contributed by atoms with Crippen molar-refractivity contribution < 1.29 is 4.74 Å². The van der Waals surface area contributed by atoms with Crippen LogP contribution in [-0.2, 0) is 0 Å². The normalized spacial score (nSPS) is 10.3. The van der Waals surface area contributed by atoms with Crippen LogP contribution in [0.15, 0.2) is 23.1 Å². The quantitative estimate of drug-likeness (QED) is 0.574. The summed E-state index contributed by atoms with van der Waals surface area (Å²) in [5.74, 6) is 0.693. The van der Waals surface area contributed by atoms with Crippen molar-refractivity contribution in [3.63, 3.8) is 0 Å². The third-order valence-electron chi connectivity index (χ3n) is 2.33. The van der Waals surface area contributed by atoms with Crippen molar-refractivity contribution in [3.05, 3.63) is 23.8 Å². The molecule has 0 N–H and O–H groups in total. The first-order valence-corrected chi connectivity index (χ1v) is 6.76. The third-order valence-corrected chi connectivity index (χ3v) is 3.11. The van der Waals surface area contributed by atoms with Crippen molar-refractivity contribution in [2.75, 3.05) is 33.5 Å². The fourth-order valence-electron chi connectivity index (χ4n) is 1.47. The van der Waals surface area contributed by atoms with E-state index in [4.69, 9.17) is 10.00 Å². The Labute approximate surface area is 107 Å². The molecule has 1 rings (SSSR count). The van der Waals surface area contributed by atoms with Gasteiger partial charge in [-0.25, -0.2) is 0 Å². The van der Waals surface area contributed by atoms with Crippen molar-refractivity contribution in [3.8, 4) is 11.8 Å². The molecule has 0 saturated heterocycles. The molecule has 0 aromatic heterocycles. The second kappa shape index (κ2) is 7.21. The number of nitriles is 1. The lowest BCUT2D eigenvalue weighted by Crippen LogP contribution is -2.15. The average Bonchev–Trinajstić information content (AvgIpc) is 2.33. The lowest BCUT2D eigenvalue weighted by molar-refractivity contribution is 0.280. The van der Waals surface area contributed by atoms with E-state index in [2.05, 4.69) is 11.0 Å². The number of ether oxygens (including phenoxy) is 1.